The Hall–Kier alpha value is -4.81. The summed E-state index contributed by atoms with van der Waals surface area (Å²) in [4.78, 5) is 17.2. The summed E-state index contributed by atoms with van der Waals surface area (Å²) in [6.07, 6.45) is -6.09. The van der Waals surface area contributed by atoms with E-state index >= 15 is 0 Å². The van der Waals surface area contributed by atoms with Crippen molar-refractivity contribution in [1.29, 1.82) is 5.26 Å². The third-order valence-electron chi connectivity index (χ3n) is 6.59. The molecule has 7 nitrogen and oxygen atoms in total. The van der Waals surface area contributed by atoms with Crippen LogP contribution in [0, 0.1) is 11.3 Å². The van der Waals surface area contributed by atoms with E-state index in [4.69, 9.17) is 5.26 Å². The molecule has 1 atom stereocenters. The lowest BCUT2D eigenvalue weighted by molar-refractivity contribution is -0.139. The largest absolute Gasteiger partial charge is 0.416 e. The van der Waals surface area contributed by atoms with Gasteiger partial charge >= 0.3 is 12.4 Å². The van der Waals surface area contributed by atoms with Crippen molar-refractivity contribution in [2.24, 2.45) is 0 Å². The maximum atomic E-state index is 13.2. The van der Waals surface area contributed by atoms with Gasteiger partial charge in [-0.2, -0.15) is 31.6 Å². The lowest BCUT2D eigenvalue weighted by Gasteiger charge is -2.20. The molecule has 6 aromatic rings. The van der Waals surface area contributed by atoms with Crippen LogP contribution in [0.25, 0.3) is 20.4 Å². The molecule has 0 aliphatic carbocycles. The zero-order valence-corrected chi connectivity index (χ0v) is 24.7. The second-order valence-corrected chi connectivity index (χ2v) is 11.3. The van der Waals surface area contributed by atoms with E-state index in [0.717, 1.165) is 22.3 Å². The summed E-state index contributed by atoms with van der Waals surface area (Å²) in [5.41, 5.74) is -0.0757. The topological polar surface area (TPSA) is 99.4 Å². The van der Waals surface area contributed by atoms with Gasteiger partial charge in [-0.15, -0.1) is 22.7 Å². The molecule has 15 heteroatoms. The number of nitrogens with one attached hydrogen (secondary N) is 2. The minimum absolute atomic E-state index is 0.0532. The molecule has 0 radical (unpaired) electrons. The van der Waals surface area contributed by atoms with E-state index in [-0.39, 0.29) is 17.7 Å². The van der Waals surface area contributed by atoms with Crippen LogP contribution >= 0.6 is 22.7 Å². The van der Waals surface area contributed by atoms with Crippen LogP contribution in [-0.2, 0) is 18.9 Å². The third-order valence-corrected chi connectivity index (χ3v) is 8.39. The predicted octanol–water partition coefficient (Wildman–Crippen LogP) is 9.08. The van der Waals surface area contributed by atoms with Crippen molar-refractivity contribution in [2.45, 2.75) is 31.9 Å². The maximum Gasteiger partial charge on any atom is 0.416 e. The molecule has 0 amide bonds. The molecule has 4 heterocycles. The minimum atomic E-state index is -4.43. The molecule has 2 N–H and O–H groups in total. The molecule has 4 aromatic heterocycles. The van der Waals surface area contributed by atoms with Gasteiger partial charge in [-0.1, -0.05) is 36.4 Å². The zero-order valence-electron chi connectivity index (χ0n) is 23.1. The maximum absolute atomic E-state index is 13.2. The highest BCUT2D eigenvalue weighted by molar-refractivity contribution is 7.18. The van der Waals surface area contributed by atoms with Crippen LogP contribution < -0.4 is 10.6 Å². The van der Waals surface area contributed by atoms with E-state index in [1.54, 1.807) is 24.4 Å². The number of fused-ring (bicyclic) bond motifs is 2. The van der Waals surface area contributed by atoms with Crippen molar-refractivity contribution in [3.8, 4) is 6.07 Å². The summed E-state index contributed by atoms with van der Waals surface area (Å²) < 4.78 is 78.9. The Balaban J connectivity index is 0.000000179. The van der Waals surface area contributed by atoms with Gasteiger partial charge in [0.2, 0.25) is 0 Å². The molecule has 0 bridgehead atoms. The average molecular weight is 658 g/mol. The molecule has 2 aromatic carbocycles. The molecule has 6 rings (SSSR count). The van der Waals surface area contributed by atoms with Crippen molar-refractivity contribution in [3.63, 3.8) is 0 Å². The number of thiophene rings is 2. The number of benzene rings is 2. The summed E-state index contributed by atoms with van der Waals surface area (Å²) in [5.74, 6) is 0.953. The smallest absolute Gasteiger partial charge is 0.365 e. The molecule has 0 aliphatic heterocycles. The number of hydrogen-bond acceptors (Lipinski definition) is 9. The van der Waals surface area contributed by atoms with Crippen molar-refractivity contribution >= 4 is 54.7 Å². The highest BCUT2D eigenvalue weighted by Gasteiger charge is 2.34. The fraction of sp³-hybridized carbons (Fsp3) is 0.167. The van der Waals surface area contributed by atoms with Gasteiger partial charge in [0.25, 0.3) is 0 Å². The van der Waals surface area contributed by atoms with Crippen LogP contribution in [0.5, 0.6) is 0 Å². The van der Waals surface area contributed by atoms with Crippen LogP contribution in [0.4, 0.5) is 38.0 Å². The second-order valence-electron chi connectivity index (χ2n) is 9.48. The van der Waals surface area contributed by atoms with Crippen molar-refractivity contribution in [1.82, 2.24) is 19.9 Å². The molecule has 0 fully saturated rings. The average Bonchev–Trinajstić information content (AvgIpc) is 3.68. The number of nitrogens with zero attached hydrogens (tertiary/aromatic N) is 5. The van der Waals surface area contributed by atoms with Gasteiger partial charge in [0.15, 0.2) is 0 Å². The number of hydrogen-bond donors (Lipinski definition) is 2. The van der Waals surface area contributed by atoms with E-state index in [2.05, 4.69) is 30.6 Å². The number of rotatable bonds is 6. The Labute approximate surface area is 260 Å². The first-order chi connectivity index (χ1) is 21.5. The summed E-state index contributed by atoms with van der Waals surface area (Å²) in [5, 5.41) is 19.3. The van der Waals surface area contributed by atoms with Gasteiger partial charge in [-0.05, 0) is 41.6 Å². The molecular weight excluding hydrogens is 637 g/mol. The molecule has 0 spiro atoms. The number of aromatic nitrogens is 4. The SMILES string of the molecule is CC(Nc1ncnc2c(C#N)csc12)c1ccccc1C(F)(F)F.FC(F)(F)c1ccccc1CNc1ncnc2sccc12. The number of nitriles is 1. The monoisotopic (exact) mass is 657 g/mol. The first-order valence-corrected chi connectivity index (χ1v) is 14.9. The zero-order chi connectivity index (χ0) is 32.2. The standard InChI is InChI=1S/C16H11F3N4S.C14H10F3N3S/c1-9(11-4-2-3-5-12(11)16(17,18)19)23-15-14-13(21-8-22-15)10(6-20)7-24-14;15-14(16,17)11-4-2-1-3-9(11)7-18-12-10-5-6-21-13(10)20-8-19-12/h2-5,7-9H,1H3,(H,21,22,23);1-6,8H,7H2,(H,18,19,20). The van der Waals surface area contributed by atoms with Gasteiger partial charge < -0.3 is 10.6 Å². The van der Waals surface area contributed by atoms with Crippen LogP contribution in [0.3, 0.4) is 0 Å². The lowest BCUT2D eigenvalue weighted by Crippen LogP contribution is -2.15. The Morgan fingerprint density at radius 1 is 0.822 bits per heavy atom. The molecule has 0 aliphatic rings. The van der Waals surface area contributed by atoms with Crippen LogP contribution in [-0.4, -0.2) is 19.9 Å². The molecule has 0 saturated carbocycles. The molecule has 1 unspecified atom stereocenters. The molecule has 0 saturated heterocycles. The van der Waals surface area contributed by atoms with Crippen LogP contribution in [0.1, 0.15) is 40.8 Å². The van der Waals surface area contributed by atoms with Crippen molar-refractivity contribution in [2.75, 3.05) is 10.6 Å². The Kier molecular flexibility index (Phi) is 9.16. The Morgan fingerprint density at radius 2 is 1.49 bits per heavy atom. The number of halogens is 6. The lowest BCUT2D eigenvalue weighted by atomic mass is 10.0. The molecule has 230 valence electrons. The van der Waals surface area contributed by atoms with Crippen LogP contribution in [0.15, 0.2) is 78.0 Å². The summed E-state index contributed by atoms with van der Waals surface area (Å²) in [6, 6.07) is 14.2. The second kappa shape index (κ2) is 13.0. The van der Waals surface area contributed by atoms with Crippen LogP contribution in [0.2, 0.25) is 0 Å². The first-order valence-electron chi connectivity index (χ1n) is 13.1. The van der Waals surface area contributed by atoms with E-state index in [0.29, 0.717) is 27.4 Å². The van der Waals surface area contributed by atoms with E-state index in [9.17, 15) is 26.3 Å². The highest BCUT2D eigenvalue weighted by Crippen LogP contribution is 2.37. The van der Waals surface area contributed by atoms with Crippen molar-refractivity contribution in [3.05, 3.63) is 106 Å². The number of alkyl halides is 6. The quantitative estimate of drug-likeness (QED) is 0.172. The van der Waals surface area contributed by atoms with Gasteiger partial charge in [-0.3, -0.25) is 0 Å². The Morgan fingerprint density at radius 3 is 2.22 bits per heavy atom. The van der Waals surface area contributed by atoms with Gasteiger partial charge in [0, 0.05) is 11.9 Å². The molecular formula is C30H21F6N7S2. The van der Waals surface area contributed by atoms with Gasteiger partial charge in [-0.25, -0.2) is 19.9 Å². The normalized spacial score (nSPS) is 12.3. The Bertz CT molecular complexity index is 1980. The van der Waals surface area contributed by atoms with Crippen molar-refractivity contribution < 1.29 is 26.3 Å². The number of anilines is 2. The fourth-order valence-corrected chi connectivity index (χ4v) is 6.14. The van der Waals surface area contributed by atoms with E-state index in [1.807, 2.05) is 17.5 Å². The third kappa shape index (κ3) is 7.13. The minimum Gasteiger partial charge on any atom is -0.365 e. The van der Waals surface area contributed by atoms with Gasteiger partial charge in [0.05, 0.1) is 32.8 Å². The van der Waals surface area contributed by atoms with E-state index in [1.165, 1.54) is 59.6 Å². The van der Waals surface area contributed by atoms with Gasteiger partial charge in [0.1, 0.15) is 40.7 Å². The molecule has 45 heavy (non-hydrogen) atoms. The summed E-state index contributed by atoms with van der Waals surface area (Å²) in [6.45, 7) is 1.69. The predicted molar refractivity (Wildman–Crippen MR) is 162 cm³/mol. The highest BCUT2D eigenvalue weighted by atomic mass is 32.1. The first kappa shape index (κ1) is 31.6. The van der Waals surface area contributed by atoms with E-state index < -0.39 is 29.5 Å². The fourth-order valence-electron chi connectivity index (χ4n) is 4.51. The summed E-state index contributed by atoms with van der Waals surface area (Å²) in [7, 11) is 0. The summed E-state index contributed by atoms with van der Waals surface area (Å²) >= 11 is 2.74.